The highest BCUT2D eigenvalue weighted by atomic mass is 79.9. The Bertz CT molecular complexity index is 661. The van der Waals surface area contributed by atoms with Crippen LogP contribution in [0.5, 0.6) is 11.5 Å². The molecule has 1 atom stereocenters. The van der Waals surface area contributed by atoms with Gasteiger partial charge in [-0.1, -0.05) is 19.1 Å². The summed E-state index contributed by atoms with van der Waals surface area (Å²) in [6, 6.07) is 10.2. The van der Waals surface area contributed by atoms with E-state index < -0.39 is 0 Å². The van der Waals surface area contributed by atoms with E-state index in [9.17, 15) is 0 Å². The van der Waals surface area contributed by atoms with E-state index in [1.54, 1.807) is 7.11 Å². The number of fused-ring (bicyclic) bond motifs is 1. The van der Waals surface area contributed by atoms with Gasteiger partial charge in [-0.05, 0) is 46.1 Å². The molecule has 1 aliphatic rings. The molecule has 0 amide bonds. The second-order valence-electron chi connectivity index (χ2n) is 5.76. The standard InChI is InChI=1S/C18H21BrN2O2/c1-3-15-11-21(10-13-4-6-16(22-2)7-5-13)12-17-18(23-15)8-14(19)9-20-17/h4-9,15H,3,10-12H2,1-2H3/t15-/m1/s1. The van der Waals surface area contributed by atoms with Crippen molar-refractivity contribution in [3.63, 3.8) is 0 Å². The largest absolute Gasteiger partial charge is 0.497 e. The predicted octanol–water partition coefficient (Wildman–Crippen LogP) is 4.03. The number of ether oxygens (including phenoxy) is 2. The van der Waals surface area contributed by atoms with Crippen LogP contribution < -0.4 is 9.47 Å². The number of hydrogen-bond acceptors (Lipinski definition) is 4. The van der Waals surface area contributed by atoms with Crippen LogP contribution in [0.1, 0.15) is 24.6 Å². The third-order valence-corrected chi connectivity index (χ3v) is 4.48. The summed E-state index contributed by atoms with van der Waals surface area (Å²) in [6.45, 7) is 4.73. The average molecular weight is 377 g/mol. The van der Waals surface area contributed by atoms with E-state index in [1.807, 2.05) is 24.4 Å². The van der Waals surface area contributed by atoms with Crippen LogP contribution in [0, 0.1) is 0 Å². The second-order valence-corrected chi connectivity index (χ2v) is 6.68. The van der Waals surface area contributed by atoms with E-state index in [1.165, 1.54) is 5.56 Å². The number of methoxy groups -OCH3 is 1. The summed E-state index contributed by atoms with van der Waals surface area (Å²) < 4.78 is 12.3. The fraction of sp³-hybridized carbons (Fsp3) is 0.389. The Labute approximate surface area is 145 Å². The topological polar surface area (TPSA) is 34.6 Å². The van der Waals surface area contributed by atoms with Gasteiger partial charge < -0.3 is 9.47 Å². The summed E-state index contributed by atoms with van der Waals surface area (Å²) in [4.78, 5) is 6.92. The number of nitrogens with zero attached hydrogens (tertiary/aromatic N) is 2. The van der Waals surface area contributed by atoms with Crippen LogP contribution in [0.2, 0.25) is 0 Å². The molecule has 0 saturated heterocycles. The van der Waals surface area contributed by atoms with E-state index in [2.05, 4.69) is 44.9 Å². The third-order valence-electron chi connectivity index (χ3n) is 4.05. The zero-order valence-corrected chi connectivity index (χ0v) is 15.0. The maximum Gasteiger partial charge on any atom is 0.143 e. The normalized spacial score (nSPS) is 18.0. The van der Waals surface area contributed by atoms with Gasteiger partial charge in [-0.2, -0.15) is 0 Å². The fourth-order valence-corrected chi connectivity index (χ4v) is 3.08. The van der Waals surface area contributed by atoms with Crippen molar-refractivity contribution in [2.45, 2.75) is 32.5 Å². The zero-order chi connectivity index (χ0) is 16.2. The Balaban J connectivity index is 1.79. The zero-order valence-electron chi connectivity index (χ0n) is 13.5. The van der Waals surface area contributed by atoms with E-state index >= 15 is 0 Å². The van der Waals surface area contributed by atoms with Crippen molar-refractivity contribution in [3.05, 3.63) is 52.3 Å². The quantitative estimate of drug-likeness (QED) is 0.806. The fourth-order valence-electron chi connectivity index (χ4n) is 2.77. The molecule has 0 aliphatic carbocycles. The second kappa shape index (κ2) is 7.32. The molecule has 1 aliphatic heterocycles. The molecule has 4 nitrogen and oxygen atoms in total. The summed E-state index contributed by atoms with van der Waals surface area (Å²) in [5, 5.41) is 0. The Morgan fingerprint density at radius 2 is 2.13 bits per heavy atom. The van der Waals surface area contributed by atoms with Crippen molar-refractivity contribution in [1.82, 2.24) is 9.88 Å². The molecule has 0 spiro atoms. The Hall–Kier alpha value is -1.59. The molecule has 0 unspecified atom stereocenters. The molecule has 1 aromatic carbocycles. The van der Waals surface area contributed by atoms with E-state index in [-0.39, 0.29) is 6.10 Å². The molecule has 122 valence electrons. The molecule has 5 heteroatoms. The molecule has 3 rings (SSSR count). The monoisotopic (exact) mass is 376 g/mol. The molecule has 0 radical (unpaired) electrons. The highest BCUT2D eigenvalue weighted by molar-refractivity contribution is 9.10. The first-order valence-electron chi connectivity index (χ1n) is 7.84. The van der Waals surface area contributed by atoms with Gasteiger partial charge in [0.15, 0.2) is 0 Å². The molecule has 2 aromatic rings. The van der Waals surface area contributed by atoms with Crippen LogP contribution in [0.4, 0.5) is 0 Å². The number of aromatic nitrogens is 1. The maximum atomic E-state index is 6.14. The van der Waals surface area contributed by atoms with E-state index in [4.69, 9.17) is 9.47 Å². The molecular formula is C18H21BrN2O2. The average Bonchev–Trinajstić information content (AvgIpc) is 2.74. The van der Waals surface area contributed by atoms with Crippen molar-refractivity contribution < 1.29 is 9.47 Å². The lowest BCUT2D eigenvalue weighted by Crippen LogP contribution is -2.32. The molecule has 2 heterocycles. The summed E-state index contributed by atoms with van der Waals surface area (Å²) in [6.07, 6.45) is 3.00. The van der Waals surface area contributed by atoms with Gasteiger partial charge in [-0.3, -0.25) is 9.88 Å². The highest BCUT2D eigenvalue weighted by Crippen LogP contribution is 2.28. The highest BCUT2D eigenvalue weighted by Gasteiger charge is 2.23. The van der Waals surface area contributed by atoms with Gasteiger partial charge in [-0.25, -0.2) is 0 Å². The number of rotatable bonds is 4. The predicted molar refractivity (Wildman–Crippen MR) is 93.8 cm³/mol. The number of benzene rings is 1. The van der Waals surface area contributed by atoms with Crippen molar-refractivity contribution in [2.75, 3.05) is 13.7 Å². The Morgan fingerprint density at radius 3 is 2.83 bits per heavy atom. The summed E-state index contributed by atoms with van der Waals surface area (Å²) in [5.74, 6) is 1.78. The summed E-state index contributed by atoms with van der Waals surface area (Å²) in [7, 11) is 1.69. The van der Waals surface area contributed by atoms with Crippen LogP contribution in [0.15, 0.2) is 41.0 Å². The number of pyridine rings is 1. The lowest BCUT2D eigenvalue weighted by atomic mass is 10.2. The van der Waals surface area contributed by atoms with Crippen LogP contribution >= 0.6 is 15.9 Å². The SMILES string of the molecule is CC[C@@H]1CN(Cc2ccc(OC)cc2)Cc2ncc(Br)cc2O1. The van der Waals surface area contributed by atoms with Crippen molar-refractivity contribution in [2.24, 2.45) is 0 Å². The van der Waals surface area contributed by atoms with Gasteiger partial charge in [-0.15, -0.1) is 0 Å². The van der Waals surface area contributed by atoms with Crippen LogP contribution in [-0.2, 0) is 13.1 Å². The molecule has 0 saturated carbocycles. The lowest BCUT2D eigenvalue weighted by molar-refractivity contribution is 0.139. The van der Waals surface area contributed by atoms with Crippen molar-refractivity contribution >= 4 is 15.9 Å². The summed E-state index contributed by atoms with van der Waals surface area (Å²) in [5.41, 5.74) is 2.26. The molecule has 0 N–H and O–H groups in total. The first kappa shape index (κ1) is 16.3. The van der Waals surface area contributed by atoms with E-state index in [0.29, 0.717) is 0 Å². The minimum Gasteiger partial charge on any atom is -0.497 e. The van der Waals surface area contributed by atoms with Crippen molar-refractivity contribution in [3.8, 4) is 11.5 Å². The smallest absolute Gasteiger partial charge is 0.143 e. The first-order chi connectivity index (χ1) is 11.2. The van der Waals surface area contributed by atoms with Gasteiger partial charge in [0.1, 0.15) is 17.6 Å². The first-order valence-corrected chi connectivity index (χ1v) is 8.63. The van der Waals surface area contributed by atoms with Crippen LogP contribution in [-0.4, -0.2) is 29.6 Å². The number of hydrogen-bond donors (Lipinski definition) is 0. The molecule has 0 bridgehead atoms. The van der Waals surface area contributed by atoms with Crippen molar-refractivity contribution in [1.29, 1.82) is 0 Å². The number of halogens is 1. The third kappa shape index (κ3) is 4.03. The van der Waals surface area contributed by atoms with Gasteiger partial charge >= 0.3 is 0 Å². The van der Waals surface area contributed by atoms with Crippen LogP contribution in [0.3, 0.4) is 0 Å². The summed E-state index contributed by atoms with van der Waals surface area (Å²) >= 11 is 3.47. The van der Waals surface area contributed by atoms with Gasteiger partial charge in [0.05, 0.1) is 12.8 Å². The minimum absolute atomic E-state index is 0.186. The molecule has 23 heavy (non-hydrogen) atoms. The molecular weight excluding hydrogens is 356 g/mol. The van der Waals surface area contributed by atoms with E-state index in [0.717, 1.165) is 47.7 Å². The minimum atomic E-state index is 0.186. The maximum absolute atomic E-state index is 6.14. The Kier molecular flexibility index (Phi) is 5.18. The molecule has 1 aromatic heterocycles. The van der Waals surface area contributed by atoms with Gasteiger partial charge in [0.25, 0.3) is 0 Å². The Morgan fingerprint density at radius 1 is 1.35 bits per heavy atom. The molecule has 0 fully saturated rings. The van der Waals surface area contributed by atoms with Gasteiger partial charge in [0.2, 0.25) is 0 Å². The van der Waals surface area contributed by atoms with Crippen LogP contribution in [0.25, 0.3) is 0 Å². The lowest BCUT2D eigenvalue weighted by Gasteiger charge is -2.23. The van der Waals surface area contributed by atoms with Gasteiger partial charge in [0, 0.05) is 30.3 Å².